The quantitative estimate of drug-likeness (QED) is 0.0582. The van der Waals surface area contributed by atoms with Gasteiger partial charge in [0, 0.05) is 47.3 Å². The molecule has 0 saturated carbocycles. The number of hydrogen-bond acceptors (Lipinski definition) is 8. The van der Waals surface area contributed by atoms with Crippen LogP contribution in [0.25, 0.3) is 0 Å². The molecule has 322 valence electrons. The molecule has 2 atom stereocenters. The lowest BCUT2D eigenvalue weighted by molar-refractivity contribution is -0.148. The van der Waals surface area contributed by atoms with Crippen molar-refractivity contribution >= 4 is 29.5 Å². The molecule has 12 nitrogen and oxygen atoms in total. The third kappa shape index (κ3) is 22.7. The topological polar surface area (TPSA) is 172 Å². The molecular formula is C43H82N4O8. The zero-order valence-corrected chi connectivity index (χ0v) is 37.9. The van der Waals surface area contributed by atoms with Crippen molar-refractivity contribution in [3.63, 3.8) is 0 Å². The third-order valence-electron chi connectivity index (χ3n) is 9.74. The van der Waals surface area contributed by atoms with Crippen LogP contribution in [0.1, 0.15) is 169 Å². The van der Waals surface area contributed by atoms with Gasteiger partial charge in [0.05, 0.1) is 35.9 Å². The summed E-state index contributed by atoms with van der Waals surface area (Å²) in [7, 11) is 0. The zero-order valence-electron chi connectivity index (χ0n) is 37.9. The normalized spacial score (nSPS) is 14.6. The smallest absolute Gasteiger partial charge is 0.309 e. The van der Waals surface area contributed by atoms with Crippen LogP contribution in [0.5, 0.6) is 0 Å². The Labute approximate surface area is 334 Å². The number of carbonyl (C=O) groups excluding carboxylic acids is 4. The Morgan fingerprint density at radius 2 is 1.22 bits per heavy atom. The van der Waals surface area contributed by atoms with Gasteiger partial charge in [-0.05, 0) is 121 Å². The number of Topliss-reactive ketones (excluding diaryl/α,β-unsaturated/α-hetero) is 1. The van der Waals surface area contributed by atoms with E-state index in [0.29, 0.717) is 52.0 Å². The van der Waals surface area contributed by atoms with Crippen LogP contribution in [0, 0.1) is 22.2 Å². The van der Waals surface area contributed by atoms with Crippen molar-refractivity contribution in [1.82, 2.24) is 21.3 Å². The lowest BCUT2D eigenvalue weighted by Gasteiger charge is -2.36. The second kappa shape index (κ2) is 21.3. The molecule has 3 amide bonds. The van der Waals surface area contributed by atoms with Crippen molar-refractivity contribution < 1.29 is 38.6 Å². The van der Waals surface area contributed by atoms with Gasteiger partial charge in [-0.1, -0.05) is 41.5 Å². The number of rotatable bonds is 26. The Balaban J connectivity index is 4.59. The lowest BCUT2D eigenvalue weighted by atomic mass is 9.78. The van der Waals surface area contributed by atoms with Crippen molar-refractivity contribution in [3.05, 3.63) is 0 Å². The van der Waals surface area contributed by atoms with Crippen LogP contribution in [0.4, 0.5) is 0 Å². The van der Waals surface area contributed by atoms with Crippen molar-refractivity contribution in [1.29, 1.82) is 0 Å². The number of nitrogens with one attached hydrogen (secondary N) is 4. The van der Waals surface area contributed by atoms with E-state index in [1.54, 1.807) is 20.8 Å². The molecule has 0 saturated heterocycles. The minimum atomic E-state index is -1.02. The minimum absolute atomic E-state index is 0.0132. The first kappa shape index (κ1) is 52.4. The summed E-state index contributed by atoms with van der Waals surface area (Å²) < 4.78 is 12.3. The SMILES string of the molecule is CC(CC(C)(C)C(=O)O)C(=O)NC(C)(C)CC(C)(C)C(=O)NCCOC(C)(C)CCOC(C)(C)CCC(=O)NCCCC[C@H](NC(C)(C)C)C(=O)C(C)(C)C. The van der Waals surface area contributed by atoms with Gasteiger partial charge >= 0.3 is 5.97 Å². The van der Waals surface area contributed by atoms with E-state index in [4.69, 9.17) is 9.47 Å². The fourth-order valence-corrected chi connectivity index (χ4v) is 6.60. The van der Waals surface area contributed by atoms with Crippen molar-refractivity contribution in [2.24, 2.45) is 22.2 Å². The first-order valence-electron chi connectivity index (χ1n) is 20.3. The maximum Gasteiger partial charge on any atom is 0.309 e. The monoisotopic (exact) mass is 783 g/mol. The summed E-state index contributed by atoms with van der Waals surface area (Å²) in [5.74, 6) is -1.64. The zero-order chi connectivity index (χ0) is 43.3. The highest BCUT2D eigenvalue weighted by molar-refractivity contribution is 5.88. The molecule has 0 heterocycles. The molecule has 0 aromatic rings. The number of carbonyl (C=O) groups is 5. The summed E-state index contributed by atoms with van der Waals surface area (Å²) in [6, 6.07) is -0.211. The van der Waals surface area contributed by atoms with Gasteiger partial charge in [0.2, 0.25) is 17.7 Å². The van der Waals surface area contributed by atoms with Crippen molar-refractivity contribution in [3.8, 4) is 0 Å². The number of carboxylic acids is 1. The molecule has 0 aliphatic carbocycles. The van der Waals surface area contributed by atoms with Gasteiger partial charge in [-0.3, -0.25) is 24.0 Å². The molecule has 55 heavy (non-hydrogen) atoms. The maximum atomic E-state index is 13.1. The van der Waals surface area contributed by atoms with E-state index in [-0.39, 0.29) is 41.5 Å². The molecule has 0 aromatic heterocycles. The Morgan fingerprint density at radius 1 is 0.673 bits per heavy atom. The van der Waals surface area contributed by atoms with E-state index < -0.39 is 44.9 Å². The van der Waals surface area contributed by atoms with Gasteiger partial charge in [0.1, 0.15) is 0 Å². The summed E-state index contributed by atoms with van der Waals surface area (Å²) in [5, 5.41) is 21.9. The van der Waals surface area contributed by atoms with Gasteiger partial charge in [0.25, 0.3) is 0 Å². The minimum Gasteiger partial charge on any atom is -0.481 e. The highest BCUT2D eigenvalue weighted by Gasteiger charge is 2.38. The average molecular weight is 783 g/mol. The summed E-state index contributed by atoms with van der Waals surface area (Å²) in [4.78, 5) is 63.1. The van der Waals surface area contributed by atoms with Crippen molar-refractivity contribution in [2.45, 2.75) is 197 Å². The Kier molecular flexibility index (Phi) is 20.3. The van der Waals surface area contributed by atoms with Gasteiger partial charge < -0.3 is 35.8 Å². The van der Waals surface area contributed by atoms with E-state index >= 15 is 0 Å². The van der Waals surface area contributed by atoms with Crippen LogP contribution >= 0.6 is 0 Å². The lowest BCUT2D eigenvalue weighted by Crippen LogP contribution is -2.51. The molecule has 5 N–H and O–H groups in total. The van der Waals surface area contributed by atoms with Gasteiger partial charge in [-0.15, -0.1) is 0 Å². The molecule has 0 spiro atoms. The van der Waals surface area contributed by atoms with E-state index in [2.05, 4.69) is 42.0 Å². The summed E-state index contributed by atoms with van der Waals surface area (Å²) >= 11 is 0. The molecule has 0 radical (unpaired) electrons. The highest BCUT2D eigenvalue weighted by Crippen LogP contribution is 2.30. The fraction of sp³-hybridized carbons (Fsp3) is 0.884. The second-order valence-corrected chi connectivity index (χ2v) is 20.9. The standard InChI is InChI=1S/C43H82N4O8/c1-30(28-39(8,9)36(52)53)34(50)47-41(12,13)29-40(10,11)35(51)45-25-27-55-43(16,17)23-26-54-42(14,15)22-21-32(48)44-24-19-18-20-31(46-38(5,6)7)33(49)37(2,3)4/h30-31,46H,18-29H2,1-17H3,(H,44,48)(H,45,51)(H,47,50)(H,52,53)/t30?,31-/m0/s1. The number of amides is 3. The van der Waals surface area contributed by atoms with Crippen LogP contribution in [0.3, 0.4) is 0 Å². The predicted octanol–water partition coefficient (Wildman–Crippen LogP) is 6.97. The molecule has 0 aliphatic rings. The van der Waals surface area contributed by atoms with Crippen LogP contribution in [-0.2, 0) is 33.4 Å². The largest absolute Gasteiger partial charge is 0.481 e. The summed E-state index contributed by atoms with van der Waals surface area (Å²) in [6.07, 6.45) is 4.51. The summed E-state index contributed by atoms with van der Waals surface area (Å²) in [5.41, 5.74) is -4.07. The average Bonchev–Trinajstić information content (AvgIpc) is 2.98. The maximum absolute atomic E-state index is 13.1. The summed E-state index contributed by atoms with van der Waals surface area (Å²) in [6.45, 7) is 34.0. The van der Waals surface area contributed by atoms with E-state index in [1.165, 1.54) is 0 Å². The Bertz CT molecular complexity index is 1260. The molecule has 1 unspecified atom stereocenters. The van der Waals surface area contributed by atoms with Gasteiger partial charge in [-0.2, -0.15) is 0 Å². The first-order valence-corrected chi connectivity index (χ1v) is 20.3. The molecule has 0 bridgehead atoms. The molecule has 0 aliphatic heterocycles. The molecule has 12 heteroatoms. The predicted molar refractivity (Wildman–Crippen MR) is 221 cm³/mol. The number of ether oxygens (including phenoxy) is 2. The van der Waals surface area contributed by atoms with E-state index in [0.717, 1.165) is 19.3 Å². The Hall–Kier alpha value is -2.57. The van der Waals surface area contributed by atoms with E-state index in [9.17, 15) is 29.1 Å². The van der Waals surface area contributed by atoms with Crippen LogP contribution in [-0.4, -0.2) is 89.2 Å². The molecule has 0 aromatic carbocycles. The molecule has 0 fully saturated rings. The third-order valence-corrected chi connectivity index (χ3v) is 9.74. The molecular weight excluding hydrogens is 700 g/mol. The number of unbranched alkanes of at least 4 members (excludes halogenated alkanes) is 1. The molecule has 0 rings (SSSR count). The highest BCUT2D eigenvalue weighted by atomic mass is 16.5. The number of hydrogen-bond donors (Lipinski definition) is 5. The first-order chi connectivity index (χ1) is 24.6. The van der Waals surface area contributed by atoms with Gasteiger partial charge in [-0.25, -0.2) is 0 Å². The van der Waals surface area contributed by atoms with E-state index in [1.807, 2.05) is 76.2 Å². The second-order valence-electron chi connectivity index (χ2n) is 20.9. The Morgan fingerprint density at radius 3 is 1.75 bits per heavy atom. The van der Waals surface area contributed by atoms with Gasteiger partial charge in [0.15, 0.2) is 5.78 Å². The number of carboxylic acid groups (broad SMARTS) is 1. The van der Waals surface area contributed by atoms with Crippen LogP contribution in [0.2, 0.25) is 0 Å². The fourth-order valence-electron chi connectivity index (χ4n) is 6.60. The van der Waals surface area contributed by atoms with Crippen LogP contribution < -0.4 is 21.3 Å². The number of aliphatic carboxylic acids is 1. The number of ketones is 1. The van der Waals surface area contributed by atoms with Crippen molar-refractivity contribution in [2.75, 3.05) is 26.3 Å². The van der Waals surface area contributed by atoms with Crippen LogP contribution in [0.15, 0.2) is 0 Å².